The molecule has 1 aromatic heterocycles. The molecule has 0 aromatic carbocycles. The van der Waals surface area contributed by atoms with Gasteiger partial charge >= 0.3 is 0 Å². The van der Waals surface area contributed by atoms with E-state index in [1.807, 2.05) is 6.92 Å². The topological polar surface area (TPSA) is 71.5 Å². The molecule has 0 bridgehead atoms. The quantitative estimate of drug-likeness (QED) is 0.775. The first-order valence-electron chi connectivity index (χ1n) is 5.64. The van der Waals surface area contributed by atoms with Gasteiger partial charge in [-0.1, -0.05) is 6.92 Å². The molecule has 0 aliphatic rings. The van der Waals surface area contributed by atoms with E-state index in [9.17, 15) is 9.90 Å². The highest BCUT2D eigenvalue weighted by Gasteiger charge is 2.12. The first kappa shape index (κ1) is 13.4. The summed E-state index contributed by atoms with van der Waals surface area (Å²) in [6.45, 7) is 2.34. The van der Waals surface area contributed by atoms with Crippen LogP contribution >= 0.6 is 0 Å². The van der Waals surface area contributed by atoms with Gasteiger partial charge in [0.05, 0.1) is 13.2 Å². The number of hydrogen-bond donors (Lipinski definition) is 2. The third-order valence-corrected chi connectivity index (χ3v) is 2.44. The van der Waals surface area contributed by atoms with Crippen LogP contribution in [0.4, 0.5) is 0 Å². The molecule has 1 aromatic rings. The monoisotopic (exact) mass is 238 g/mol. The van der Waals surface area contributed by atoms with Crippen molar-refractivity contribution >= 4 is 5.91 Å². The fourth-order valence-electron chi connectivity index (χ4n) is 1.38. The van der Waals surface area contributed by atoms with E-state index in [0.717, 1.165) is 0 Å². The number of aliphatic hydroxyl groups is 1. The zero-order valence-electron chi connectivity index (χ0n) is 10.1. The summed E-state index contributed by atoms with van der Waals surface area (Å²) in [7, 11) is 1.47. The maximum atomic E-state index is 11.8. The molecular weight excluding hydrogens is 220 g/mol. The zero-order chi connectivity index (χ0) is 12.7. The smallest absolute Gasteiger partial charge is 0.256 e. The molecular formula is C12H18N2O3. The van der Waals surface area contributed by atoms with Crippen LogP contribution in [0.3, 0.4) is 0 Å². The Kier molecular flexibility index (Phi) is 5.42. The van der Waals surface area contributed by atoms with E-state index >= 15 is 0 Å². The number of amides is 1. The Balaban J connectivity index is 2.52. The minimum absolute atomic E-state index is 0.238. The fraction of sp³-hybridized carbons (Fsp3) is 0.500. The van der Waals surface area contributed by atoms with Crippen molar-refractivity contribution in [2.75, 3.05) is 13.7 Å². The van der Waals surface area contributed by atoms with Crippen LogP contribution in [0.1, 0.15) is 30.1 Å². The van der Waals surface area contributed by atoms with Crippen molar-refractivity contribution in [3.63, 3.8) is 0 Å². The number of nitrogens with zero attached hydrogens (tertiary/aromatic N) is 1. The van der Waals surface area contributed by atoms with Crippen molar-refractivity contribution in [1.29, 1.82) is 0 Å². The Bertz CT molecular complexity index is 369. The van der Waals surface area contributed by atoms with Crippen LogP contribution in [0.2, 0.25) is 0 Å². The van der Waals surface area contributed by atoms with Crippen LogP contribution < -0.4 is 10.1 Å². The second-order valence-electron chi connectivity index (χ2n) is 3.67. The van der Waals surface area contributed by atoms with Crippen LogP contribution in [0.25, 0.3) is 0 Å². The molecule has 0 spiro atoms. The first-order valence-corrected chi connectivity index (χ1v) is 5.64. The van der Waals surface area contributed by atoms with Gasteiger partial charge in [-0.3, -0.25) is 4.79 Å². The van der Waals surface area contributed by atoms with Gasteiger partial charge in [0.2, 0.25) is 5.88 Å². The van der Waals surface area contributed by atoms with Gasteiger partial charge in [-0.25, -0.2) is 4.98 Å². The number of aromatic nitrogens is 1. The third kappa shape index (κ3) is 4.03. The number of aliphatic hydroxyl groups excluding tert-OH is 1. The molecule has 94 valence electrons. The Labute approximate surface area is 101 Å². The molecule has 17 heavy (non-hydrogen) atoms. The third-order valence-electron chi connectivity index (χ3n) is 2.44. The Morgan fingerprint density at radius 2 is 2.41 bits per heavy atom. The largest absolute Gasteiger partial charge is 0.480 e. The molecule has 1 amide bonds. The van der Waals surface area contributed by atoms with E-state index in [2.05, 4.69) is 10.3 Å². The molecule has 0 saturated carbocycles. The van der Waals surface area contributed by atoms with Gasteiger partial charge in [0.15, 0.2) is 0 Å². The lowest BCUT2D eigenvalue weighted by molar-refractivity contribution is 0.0938. The number of carbonyl (C=O) groups is 1. The lowest BCUT2D eigenvalue weighted by Crippen LogP contribution is -2.27. The summed E-state index contributed by atoms with van der Waals surface area (Å²) < 4.78 is 4.99. The summed E-state index contributed by atoms with van der Waals surface area (Å²) in [6, 6.07) is 3.33. The Morgan fingerprint density at radius 3 is 3.06 bits per heavy atom. The number of pyridine rings is 1. The van der Waals surface area contributed by atoms with Gasteiger partial charge in [-0.05, 0) is 25.0 Å². The molecule has 0 fully saturated rings. The standard InChI is InChI=1S/C12H18N2O3/c1-3-9(15)6-8-13-11(16)10-5-4-7-14-12(10)17-2/h4-5,7,9,15H,3,6,8H2,1-2H3,(H,13,16). The Hall–Kier alpha value is -1.62. The molecule has 1 heterocycles. The molecule has 1 atom stereocenters. The number of nitrogens with one attached hydrogen (secondary N) is 1. The van der Waals surface area contributed by atoms with Gasteiger partial charge in [0, 0.05) is 12.7 Å². The molecule has 5 heteroatoms. The number of hydrogen-bond acceptors (Lipinski definition) is 4. The van der Waals surface area contributed by atoms with Crippen LogP contribution in [-0.4, -0.2) is 35.8 Å². The maximum absolute atomic E-state index is 11.8. The molecule has 0 saturated heterocycles. The summed E-state index contributed by atoms with van der Waals surface area (Å²) in [6.07, 6.45) is 2.43. The predicted octanol–water partition coefficient (Wildman–Crippen LogP) is 0.981. The van der Waals surface area contributed by atoms with E-state index in [4.69, 9.17) is 4.74 Å². The van der Waals surface area contributed by atoms with Gasteiger partial charge in [0.1, 0.15) is 5.56 Å². The molecule has 1 rings (SSSR count). The number of carbonyl (C=O) groups excluding carboxylic acids is 1. The molecule has 5 nitrogen and oxygen atoms in total. The van der Waals surface area contributed by atoms with Crippen LogP contribution in [0, 0.1) is 0 Å². The van der Waals surface area contributed by atoms with Gasteiger partial charge < -0.3 is 15.2 Å². The van der Waals surface area contributed by atoms with Crippen molar-refractivity contribution in [3.8, 4) is 5.88 Å². The van der Waals surface area contributed by atoms with Gasteiger partial charge in [-0.2, -0.15) is 0 Å². The second kappa shape index (κ2) is 6.85. The normalized spacial score (nSPS) is 11.9. The van der Waals surface area contributed by atoms with Crippen molar-refractivity contribution < 1.29 is 14.6 Å². The minimum atomic E-state index is -0.369. The molecule has 2 N–H and O–H groups in total. The van der Waals surface area contributed by atoms with E-state index in [-0.39, 0.29) is 12.0 Å². The SMILES string of the molecule is CCC(O)CCNC(=O)c1cccnc1OC. The average molecular weight is 238 g/mol. The highest BCUT2D eigenvalue weighted by atomic mass is 16.5. The lowest BCUT2D eigenvalue weighted by atomic mass is 10.2. The minimum Gasteiger partial charge on any atom is -0.480 e. The van der Waals surface area contributed by atoms with E-state index in [1.54, 1.807) is 18.3 Å². The van der Waals surface area contributed by atoms with E-state index < -0.39 is 0 Å². The lowest BCUT2D eigenvalue weighted by Gasteiger charge is -2.10. The summed E-state index contributed by atoms with van der Waals surface area (Å²) in [5.41, 5.74) is 0.404. The van der Waals surface area contributed by atoms with Crippen molar-refractivity contribution in [2.24, 2.45) is 0 Å². The molecule has 1 unspecified atom stereocenters. The first-order chi connectivity index (χ1) is 8.19. The van der Waals surface area contributed by atoms with Crippen molar-refractivity contribution in [1.82, 2.24) is 10.3 Å². The van der Waals surface area contributed by atoms with E-state index in [1.165, 1.54) is 7.11 Å². The van der Waals surface area contributed by atoms with Gasteiger partial charge in [0.25, 0.3) is 5.91 Å². The highest BCUT2D eigenvalue weighted by Crippen LogP contribution is 2.12. The molecule has 0 radical (unpaired) electrons. The van der Waals surface area contributed by atoms with Crippen LogP contribution in [-0.2, 0) is 0 Å². The molecule has 0 aliphatic carbocycles. The predicted molar refractivity (Wildman–Crippen MR) is 64.0 cm³/mol. The summed E-state index contributed by atoms with van der Waals surface area (Å²) in [4.78, 5) is 15.7. The van der Waals surface area contributed by atoms with Crippen LogP contribution in [0.5, 0.6) is 5.88 Å². The number of ether oxygens (including phenoxy) is 1. The highest BCUT2D eigenvalue weighted by molar-refractivity contribution is 5.96. The summed E-state index contributed by atoms with van der Waals surface area (Å²) in [5, 5.41) is 12.1. The van der Waals surface area contributed by atoms with Crippen LogP contribution in [0.15, 0.2) is 18.3 Å². The van der Waals surface area contributed by atoms with Gasteiger partial charge in [-0.15, -0.1) is 0 Å². The zero-order valence-corrected chi connectivity index (χ0v) is 10.1. The van der Waals surface area contributed by atoms with Crippen molar-refractivity contribution in [2.45, 2.75) is 25.9 Å². The van der Waals surface area contributed by atoms with E-state index in [0.29, 0.717) is 30.8 Å². The second-order valence-corrected chi connectivity index (χ2v) is 3.67. The molecule has 0 aliphatic heterocycles. The average Bonchev–Trinajstić information content (AvgIpc) is 2.38. The maximum Gasteiger partial charge on any atom is 0.256 e. The summed E-state index contributed by atoms with van der Waals surface area (Å²) in [5.74, 6) is 0.0688. The van der Waals surface area contributed by atoms with Crippen molar-refractivity contribution in [3.05, 3.63) is 23.9 Å². The number of methoxy groups -OCH3 is 1. The fourth-order valence-corrected chi connectivity index (χ4v) is 1.38. The number of rotatable bonds is 6. The Morgan fingerprint density at radius 1 is 1.65 bits per heavy atom. The summed E-state index contributed by atoms with van der Waals surface area (Å²) >= 11 is 0.